The van der Waals surface area contributed by atoms with Gasteiger partial charge in [0.25, 0.3) is 0 Å². The van der Waals surface area contributed by atoms with Crippen molar-refractivity contribution < 1.29 is 9.13 Å². The highest BCUT2D eigenvalue weighted by molar-refractivity contribution is 5.25. The zero-order valence-corrected chi connectivity index (χ0v) is 12.3. The summed E-state index contributed by atoms with van der Waals surface area (Å²) in [5.41, 5.74) is 7.35. The molecule has 1 heterocycles. The maximum Gasteiger partial charge on any atom is 0.127 e. The van der Waals surface area contributed by atoms with Gasteiger partial charge in [-0.1, -0.05) is 19.1 Å². The van der Waals surface area contributed by atoms with Crippen molar-refractivity contribution in [2.45, 2.75) is 45.4 Å². The quantitative estimate of drug-likeness (QED) is 0.870. The molecule has 0 saturated carbocycles. The molecule has 1 fully saturated rings. The molecule has 3 nitrogen and oxygen atoms in total. The minimum absolute atomic E-state index is 0.140. The zero-order valence-electron chi connectivity index (χ0n) is 12.3. The molecule has 2 N–H and O–H groups in total. The molecule has 1 aliphatic heterocycles. The number of piperidine rings is 1. The van der Waals surface area contributed by atoms with Gasteiger partial charge in [-0.3, -0.25) is 4.90 Å². The number of halogens is 1. The second-order valence-corrected chi connectivity index (χ2v) is 5.50. The molecule has 1 aromatic rings. The predicted molar refractivity (Wildman–Crippen MR) is 78.8 cm³/mol. The molecule has 112 valence electrons. The van der Waals surface area contributed by atoms with Crippen molar-refractivity contribution in [1.29, 1.82) is 0 Å². The lowest BCUT2D eigenvalue weighted by molar-refractivity contribution is -0.00247. The summed E-state index contributed by atoms with van der Waals surface area (Å²) in [6.07, 6.45) is 3.57. The van der Waals surface area contributed by atoms with Crippen molar-refractivity contribution in [3.05, 3.63) is 35.1 Å². The number of nitrogens with two attached hydrogens (primary N) is 1. The van der Waals surface area contributed by atoms with Gasteiger partial charge in [-0.05, 0) is 37.4 Å². The van der Waals surface area contributed by atoms with Crippen LogP contribution in [0.5, 0.6) is 0 Å². The molecule has 1 aromatic carbocycles. The first-order chi connectivity index (χ1) is 9.72. The van der Waals surface area contributed by atoms with Crippen LogP contribution in [0.15, 0.2) is 18.2 Å². The van der Waals surface area contributed by atoms with Crippen LogP contribution in [-0.2, 0) is 17.8 Å². The van der Waals surface area contributed by atoms with Gasteiger partial charge in [0.15, 0.2) is 0 Å². The number of rotatable bonds is 6. The first-order valence-electron chi connectivity index (χ1n) is 7.54. The average molecular weight is 280 g/mol. The largest absolute Gasteiger partial charge is 0.377 e. The van der Waals surface area contributed by atoms with E-state index >= 15 is 0 Å². The van der Waals surface area contributed by atoms with Crippen LogP contribution in [0.25, 0.3) is 0 Å². The van der Waals surface area contributed by atoms with E-state index in [1.165, 1.54) is 6.07 Å². The number of nitrogens with zero attached hydrogens (tertiary/aromatic N) is 1. The van der Waals surface area contributed by atoms with Gasteiger partial charge in [-0.15, -0.1) is 0 Å². The maximum atomic E-state index is 13.9. The Labute approximate surface area is 120 Å². The van der Waals surface area contributed by atoms with E-state index in [9.17, 15) is 4.39 Å². The number of ether oxygens (including phenoxy) is 1. The Hall–Kier alpha value is -0.970. The Morgan fingerprint density at radius 2 is 2.30 bits per heavy atom. The first kappa shape index (κ1) is 15.4. The van der Waals surface area contributed by atoms with Crippen LogP contribution in [0, 0.1) is 5.82 Å². The lowest BCUT2D eigenvalue weighted by atomic mass is 10.1. The van der Waals surface area contributed by atoms with Crippen molar-refractivity contribution in [3.8, 4) is 0 Å². The van der Waals surface area contributed by atoms with Crippen LogP contribution in [0.3, 0.4) is 0 Å². The summed E-state index contributed by atoms with van der Waals surface area (Å²) in [6, 6.07) is 5.15. The minimum Gasteiger partial charge on any atom is -0.377 e. The van der Waals surface area contributed by atoms with E-state index in [1.807, 2.05) is 6.07 Å². The van der Waals surface area contributed by atoms with Gasteiger partial charge >= 0.3 is 0 Å². The maximum absolute atomic E-state index is 13.9. The van der Waals surface area contributed by atoms with Gasteiger partial charge in [0.1, 0.15) is 5.82 Å². The fraction of sp³-hybridized carbons (Fsp3) is 0.625. The molecule has 20 heavy (non-hydrogen) atoms. The Balaban J connectivity index is 1.95. The van der Waals surface area contributed by atoms with Gasteiger partial charge in [0.2, 0.25) is 0 Å². The third-order valence-electron chi connectivity index (χ3n) is 3.76. The smallest absolute Gasteiger partial charge is 0.127 e. The highest BCUT2D eigenvalue weighted by Crippen LogP contribution is 2.18. The molecule has 0 aliphatic carbocycles. The molecule has 1 atom stereocenters. The van der Waals surface area contributed by atoms with E-state index in [4.69, 9.17) is 10.5 Å². The first-order valence-corrected chi connectivity index (χ1v) is 7.54. The average Bonchev–Trinajstić information content (AvgIpc) is 2.48. The number of hydrogen-bond acceptors (Lipinski definition) is 3. The van der Waals surface area contributed by atoms with Crippen LogP contribution in [0.2, 0.25) is 0 Å². The third-order valence-corrected chi connectivity index (χ3v) is 3.76. The molecule has 4 heteroatoms. The predicted octanol–water partition coefficient (Wildman–Crippen LogP) is 2.68. The van der Waals surface area contributed by atoms with E-state index in [-0.39, 0.29) is 5.82 Å². The number of hydrogen-bond donors (Lipinski definition) is 1. The van der Waals surface area contributed by atoms with Gasteiger partial charge in [0, 0.05) is 31.8 Å². The molecular formula is C16H25FN2O. The van der Waals surface area contributed by atoms with Crippen molar-refractivity contribution in [3.63, 3.8) is 0 Å². The molecule has 0 radical (unpaired) electrons. The van der Waals surface area contributed by atoms with Crippen LogP contribution < -0.4 is 5.73 Å². The third kappa shape index (κ3) is 4.27. The van der Waals surface area contributed by atoms with Crippen molar-refractivity contribution in [2.75, 3.05) is 19.7 Å². The summed E-state index contributed by atoms with van der Waals surface area (Å²) in [7, 11) is 0. The van der Waals surface area contributed by atoms with E-state index in [1.54, 1.807) is 6.07 Å². The van der Waals surface area contributed by atoms with Gasteiger partial charge in [0.05, 0.1) is 6.10 Å². The van der Waals surface area contributed by atoms with Crippen LogP contribution in [0.1, 0.15) is 37.3 Å². The fourth-order valence-electron chi connectivity index (χ4n) is 2.69. The monoisotopic (exact) mass is 280 g/mol. The second-order valence-electron chi connectivity index (χ2n) is 5.50. The van der Waals surface area contributed by atoms with E-state index in [0.717, 1.165) is 50.1 Å². The van der Waals surface area contributed by atoms with Crippen LogP contribution >= 0.6 is 0 Å². The highest BCUT2D eigenvalue weighted by Gasteiger charge is 2.21. The SMILES string of the molecule is CCCOC1CCCN(Cc2cc(CN)ccc2F)C1. The lowest BCUT2D eigenvalue weighted by Crippen LogP contribution is -2.39. The van der Waals surface area contributed by atoms with E-state index in [0.29, 0.717) is 19.2 Å². The minimum atomic E-state index is -0.140. The van der Waals surface area contributed by atoms with Crippen molar-refractivity contribution in [2.24, 2.45) is 5.73 Å². The van der Waals surface area contributed by atoms with E-state index < -0.39 is 0 Å². The molecule has 1 unspecified atom stereocenters. The summed E-state index contributed by atoms with van der Waals surface area (Å²) in [5.74, 6) is -0.140. The number of benzene rings is 1. The standard InChI is InChI=1S/C16H25FN2O/c1-2-8-20-15-4-3-7-19(12-15)11-14-9-13(10-18)5-6-16(14)17/h5-6,9,15H,2-4,7-8,10-12,18H2,1H3. The van der Waals surface area contributed by atoms with Gasteiger partial charge in [-0.25, -0.2) is 4.39 Å². The van der Waals surface area contributed by atoms with Gasteiger partial charge in [-0.2, -0.15) is 0 Å². The Morgan fingerprint density at radius 1 is 1.45 bits per heavy atom. The summed E-state index contributed by atoms with van der Waals surface area (Å²) in [5, 5.41) is 0. The molecule has 2 rings (SSSR count). The number of likely N-dealkylation sites (tertiary alicyclic amines) is 1. The summed E-state index contributed by atoms with van der Waals surface area (Å²) in [4.78, 5) is 2.28. The molecular weight excluding hydrogens is 255 g/mol. The molecule has 0 bridgehead atoms. The van der Waals surface area contributed by atoms with Crippen molar-refractivity contribution in [1.82, 2.24) is 4.90 Å². The topological polar surface area (TPSA) is 38.5 Å². The Bertz CT molecular complexity index is 425. The zero-order chi connectivity index (χ0) is 14.4. The molecule has 1 aliphatic rings. The summed E-state index contributed by atoms with van der Waals surface area (Å²) < 4.78 is 19.7. The Kier molecular flexibility index (Phi) is 5.95. The molecule has 1 saturated heterocycles. The fourth-order valence-corrected chi connectivity index (χ4v) is 2.69. The highest BCUT2D eigenvalue weighted by atomic mass is 19.1. The van der Waals surface area contributed by atoms with Crippen LogP contribution in [0.4, 0.5) is 4.39 Å². The van der Waals surface area contributed by atoms with Crippen LogP contribution in [-0.4, -0.2) is 30.7 Å². The normalized spacial score (nSPS) is 20.2. The molecule has 0 amide bonds. The Morgan fingerprint density at radius 3 is 3.05 bits per heavy atom. The molecule has 0 aromatic heterocycles. The summed E-state index contributed by atoms with van der Waals surface area (Å²) >= 11 is 0. The lowest BCUT2D eigenvalue weighted by Gasteiger charge is -2.32. The molecule has 0 spiro atoms. The van der Waals surface area contributed by atoms with Crippen molar-refractivity contribution >= 4 is 0 Å². The van der Waals surface area contributed by atoms with Gasteiger partial charge < -0.3 is 10.5 Å². The second kappa shape index (κ2) is 7.72. The summed E-state index contributed by atoms with van der Waals surface area (Å²) in [6.45, 7) is 5.94. The van der Waals surface area contributed by atoms with E-state index in [2.05, 4.69) is 11.8 Å².